The maximum atomic E-state index is 11.9. The number of anilines is 1. The van der Waals surface area contributed by atoms with Crippen molar-refractivity contribution in [3.05, 3.63) is 50.6 Å². The molecular formula is C13H10BrNO3S. The summed E-state index contributed by atoms with van der Waals surface area (Å²) in [6, 6.07) is 8.49. The molecule has 2 aromatic rings. The summed E-state index contributed by atoms with van der Waals surface area (Å²) in [6.07, 6.45) is 0.234. The second-order valence-corrected chi connectivity index (χ2v) is 5.66. The lowest BCUT2D eigenvalue weighted by Crippen LogP contribution is -2.16. The van der Waals surface area contributed by atoms with Gasteiger partial charge in [-0.05, 0) is 39.5 Å². The molecule has 1 amide bonds. The molecule has 1 heterocycles. The lowest BCUT2D eigenvalue weighted by molar-refractivity contribution is -0.115. The van der Waals surface area contributed by atoms with Crippen LogP contribution in [0.3, 0.4) is 0 Å². The number of carboxylic acids is 1. The molecule has 0 fully saturated rings. The highest BCUT2D eigenvalue weighted by Crippen LogP contribution is 2.26. The second-order valence-electron chi connectivity index (χ2n) is 3.77. The van der Waals surface area contributed by atoms with E-state index in [0.717, 1.165) is 4.88 Å². The average molecular weight is 340 g/mol. The van der Waals surface area contributed by atoms with E-state index in [0.29, 0.717) is 4.47 Å². The minimum Gasteiger partial charge on any atom is -0.478 e. The van der Waals surface area contributed by atoms with Gasteiger partial charge in [0.15, 0.2) is 0 Å². The first-order valence-electron chi connectivity index (χ1n) is 5.42. The van der Waals surface area contributed by atoms with E-state index in [9.17, 15) is 9.59 Å². The molecule has 1 aromatic carbocycles. The minimum absolute atomic E-state index is 0.0638. The smallest absolute Gasteiger partial charge is 0.337 e. The van der Waals surface area contributed by atoms with Crippen molar-refractivity contribution in [2.45, 2.75) is 6.42 Å². The predicted molar refractivity (Wildman–Crippen MR) is 77.8 cm³/mol. The molecule has 1 aromatic heterocycles. The zero-order valence-corrected chi connectivity index (χ0v) is 12.1. The molecule has 4 nitrogen and oxygen atoms in total. The number of hydrogen-bond donors (Lipinski definition) is 2. The highest BCUT2D eigenvalue weighted by atomic mass is 79.9. The van der Waals surface area contributed by atoms with Crippen LogP contribution in [0.2, 0.25) is 0 Å². The Labute approximate surface area is 122 Å². The Bertz CT molecular complexity index is 610. The Morgan fingerprint density at radius 2 is 2.05 bits per heavy atom. The van der Waals surface area contributed by atoms with Gasteiger partial charge in [-0.25, -0.2) is 4.79 Å². The molecule has 0 atom stereocenters. The topological polar surface area (TPSA) is 66.4 Å². The fourth-order valence-electron chi connectivity index (χ4n) is 1.58. The molecule has 0 aliphatic heterocycles. The molecule has 19 heavy (non-hydrogen) atoms. The van der Waals surface area contributed by atoms with Crippen LogP contribution in [-0.4, -0.2) is 17.0 Å². The van der Waals surface area contributed by atoms with Crippen LogP contribution in [0.5, 0.6) is 0 Å². The van der Waals surface area contributed by atoms with Crippen molar-refractivity contribution >= 4 is 44.8 Å². The Kier molecular flexibility index (Phi) is 4.34. The van der Waals surface area contributed by atoms with Gasteiger partial charge in [0.05, 0.1) is 17.7 Å². The Balaban J connectivity index is 2.19. The van der Waals surface area contributed by atoms with Gasteiger partial charge >= 0.3 is 5.97 Å². The van der Waals surface area contributed by atoms with Crippen LogP contribution < -0.4 is 5.32 Å². The normalized spacial score (nSPS) is 10.2. The summed E-state index contributed by atoms with van der Waals surface area (Å²) in [5, 5.41) is 13.6. The van der Waals surface area contributed by atoms with E-state index >= 15 is 0 Å². The fraction of sp³-hybridized carbons (Fsp3) is 0.0769. The van der Waals surface area contributed by atoms with Gasteiger partial charge in [-0.3, -0.25) is 4.79 Å². The first-order chi connectivity index (χ1) is 9.08. The number of nitrogens with one attached hydrogen (secondary N) is 1. The van der Waals surface area contributed by atoms with E-state index < -0.39 is 5.97 Å². The Morgan fingerprint density at radius 3 is 2.68 bits per heavy atom. The number of carboxylic acid groups (broad SMARTS) is 1. The van der Waals surface area contributed by atoms with Gasteiger partial charge in [0.25, 0.3) is 0 Å². The van der Waals surface area contributed by atoms with Crippen molar-refractivity contribution in [2.75, 3.05) is 5.32 Å². The van der Waals surface area contributed by atoms with Crippen LogP contribution in [0, 0.1) is 0 Å². The zero-order valence-electron chi connectivity index (χ0n) is 9.72. The molecule has 0 aliphatic rings. The summed E-state index contributed by atoms with van der Waals surface area (Å²) in [6.45, 7) is 0. The van der Waals surface area contributed by atoms with Crippen molar-refractivity contribution in [3.8, 4) is 0 Å². The minimum atomic E-state index is -1.08. The molecule has 6 heteroatoms. The number of carbonyl (C=O) groups excluding carboxylic acids is 1. The van der Waals surface area contributed by atoms with Gasteiger partial charge in [-0.15, -0.1) is 11.3 Å². The number of amides is 1. The lowest BCUT2D eigenvalue weighted by Gasteiger charge is -2.10. The number of hydrogen-bond acceptors (Lipinski definition) is 3. The SMILES string of the molecule is O=C(Cc1cccs1)Nc1c(Br)cccc1C(=O)O. The molecule has 0 unspecified atom stereocenters. The standard InChI is InChI=1S/C13H10BrNO3S/c14-10-5-1-4-9(13(17)18)12(10)15-11(16)7-8-3-2-6-19-8/h1-6H,7H2,(H,15,16)(H,17,18). The molecule has 0 aliphatic carbocycles. The largest absolute Gasteiger partial charge is 0.478 e. The monoisotopic (exact) mass is 339 g/mol. The molecule has 0 radical (unpaired) electrons. The van der Waals surface area contributed by atoms with Crippen LogP contribution in [0.15, 0.2) is 40.2 Å². The van der Waals surface area contributed by atoms with Gasteiger partial charge < -0.3 is 10.4 Å². The van der Waals surface area contributed by atoms with Gasteiger partial charge in [-0.1, -0.05) is 12.1 Å². The molecule has 2 N–H and O–H groups in total. The van der Waals surface area contributed by atoms with Crippen LogP contribution >= 0.6 is 27.3 Å². The summed E-state index contributed by atoms with van der Waals surface area (Å²) >= 11 is 4.73. The molecule has 0 saturated heterocycles. The average Bonchev–Trinajstić information content (AvgIpc) is 2.84. The zero-order chi connectivity index (χ0) is 13.8. The fourth-order valence-corrected chi connectivity index (χ4v) is 2.75. The summed E-state index contributed by atoms with van der Waals surface area (Å²) in [5.74, 6) is -1.32. The number of benzene rings is 1. The quantitative estimate of drug-likeness (QED) is 0.897. The summed E-state index contributed by atoms with van der Waals surface area (Å²) in [4.78, 5) is 23.9. The van der Waals surface area contributed by atoms with E-state index in [1.807, 2.05) is 17.5 Å². The Hall–Kier alpha value is -1.66. The molecule has 0 bridgehead atoms. The van der Waals surface area contributed by atoms with Gasteiger partial charge in [0, 0.05) is 9.35 Å². The van der Waals surface area contributed by atoms with Crippen molar-refractivity contribution in [2.24, 2.45) is 0 Å². The van der Waals surface area contributed by atoms with E-state index in [-0.39, 0.29) is 23.6 Å². The van der Waals surface area contributed by atoms with Gasteiger partial charge in [-0.2, -0.15) is 0 Å². The van der Waals surface area contributed by atoms with Crippen molar-refractivity contribution in [3.63, 3.8) is 0 Å². The Morgan fingerprint density at radius 1 is 1.26 bits per heavy atom. The highest BCUT2D eigenvalue weighted by molar-refractivity contribution is 9.10. The second kappa shape index (κ2) is 5.99. The third-order valence-corrected chi connectivity index (χ3v) is 3.96. The number of thiophene rings is 1. The van der Waals surface area contributed by atoms with Gasteiger partial charge in [0.2, 0.25) is 5.91 Å². The van der Waals surface area contributed by atoms with Crippen LogP contribution in [0.1, 0.15) is 15.2 Å². The first-order valence-corrected chi connectivity index (χ1v) is 7.09. The van der Waals surface area contributed by atoms with Crippen LogP contribution in [-0.2, 0) is 11.2 Å². The third kappa shape index (κ3) is 3.42. The number of aromatic carboxylic acids is 1. The van der Waals surface area contributed by atoms with Crippen LogP contribution in [0.4, 0.5) is 5.69 Å². The maximum Gasteiger partial charge on any atom is 0.337 e. The lowest BCUT2D eigenvalue weighted by atomic mass is 10.1. The van der Waals surface area contributed by atoms with E-state index in [1.165, 1.54) is 17.4 Å². The van der Waals surface area contributed by atoms with Gasteiger partial charge in [0.1, 0.15) is 0 Å². The maximum absolute atomic E-state index is 11.9. The van der Waals surface area contributed by atoms with Crippen molar-refractivity contribution in [1.82, 2.24) is 0 Å². The number of rotatable bonds is 4. The molecule has 0 saturated carbocycles. The summed E-state index contributed by atoms with van der Waals surface area (Å²) in [5.41, 5.74) is 0.352. The summed E-state index contributed by atoms with van der Waals surface area (Å²) < 4.78 is 0.548. The summed E-state index contributed by atoms with van der Waals surface area (Å²) in [7, 11) is 0. The molecule has 98 valence electrons. The first kappa shape index (κ1) is 13.8. The molecule has 2 rings (SSSR count). The van der Waals surface area contributed by atoms with E-state index in [4.69, 9.17) is 5.11 Å². The highest BCUT2D eigenvalue weighted by Gasteiger charge is 2.15. The number of para-hydroxylation sites is 1. The molecular weight excluding hydrogens is 330 g/mol. The number of halogens is 1. The van der Waals surface area contributed by atoms with E-state index in [1.54, 1.807) is 12.1 Å². The number of carbonyl (C=O) groups is 2. The van der Waals surface area contributed by atoms with Crippen LogP contribution in [0.25, 0.3) is 0 Å². The van der Waals surface area contributed by atoms with E-state index in [2.05, 4.69) is 21.2 Å². The predicted octanol–water partition coefficient (Wildman–Crippen LogP) is 3.39. The van der Waals surface area contributed by atoms with Crippen molar-refractivity contribution < 1.29 is 14.7 Å². The molecule has 0 spiro atoms. The third-order valence-electron chi connectivity index (χ3n) is 2.42. The van der Waals surface area contributed by atoms with Crippen molar-refractivity contribution in [1.29, 1.82) is 0 Å².